The predicted octanol–water partition coefficient (Wildman–Crippen LogP) is 2.06. The molecule has 4 nitrogen and oxygen atoms in total. The fourth-order valence-corrected chi connectivity index (χ4v) is 4.58. The first-order valence-corrected chi connectivity index (χ1v) is 8.56. The lowest BCUT2D eigenvalue weighted by Gasteiger charge is -2.17. The molecule has 2 atom stereocenters. The normalized spacial score (nSPS) is 27.3. The Morgan fingerprint density at radius 2 is 1.86 bits per heavy atom. The molecule has 22 heavy (non-hydrogen) atoms. The molecule has 2 fully saturated rings. The molecule has 0 aromatic heterocycles. The highest BCUT2D eigenvalue weighted by Crippen LogP contribution is 2.42. The molecule has 2 N–H and O–H groups in total. The summed E-state index contributed by atoms with van der Waals surface area (Å²) in [5.41, 5.74) is 5.04. The zero-order valence-electron chi connectivity index (χ0n) is 11.8. The van der Waals surface area contributed by atoms with E-state index in [1.165, 1.54) is 10.4 Å². The Balaban J connectivity index is 1.87. The van der Waals surface area contributed by atoms with E-state index in [2.05, 4.69) is 0 Å². The van der Waals surface area contributed by atoms with Crippen LogP contribution in [0.2, 0.25) is 0 Å². The van der Waals surface area contributed by atoms with Gasteiger partial charge in [0.05, 0.1) is 10.5 Å². The first-order valence-electron chi connectivity index (χ1n) is 7.12. The van der Waals surface area contributed by atoms with Crippen LogP contribution in [0, 0.1) is 11.8 Å². The van der Waals surface area contributed by atoms with Gasteiger partial charge in [0, 0.05) is 19.1 Å². The number of benzene rings is 1. The molecule has 1 aliphatic carbocycles. The summed E-state index contributed by atoms with van der Waals surface area (Å²) < 4.78 is 64.5. The van der Waals surface area contributed by atoms with Gasteiger partial charge in [-0.25, -0.2) is 8.42 Å². The van der Waals surface area contributed by atoms with E-state index in [9.17, 15) is 21.6 Å². The summed E-state index contributed by atoms with van der Waals surface area (Å²) in [5.74, 6) is 0.567. The third-order valence-corrected chi connectivity index (χ3v) is 6.23. The summed E-state index contributed by atoms with van der Waals surface area (Å²) in [6, 6.07) is 3.62. The minimum Gasteiger partial charge on any atom is -0.326 e. The Hall–Kier alpha value is -1.12. The van der Waals surface area contributed by atoms with E-state index < -0.39 is 21.8 Å². The smallest absolute Gasteiger partial charge is 0.326 e. The van der Waals surface area contributed by atoms with Crippen LogP contribution in [0.3, 0.4) is 0 Å². The van der Waals surface area contributed by atoms with Gasteiger partial charge in [-0.15, -0.1) is 0 Å². The van der Waals surface area contributed by atoms with Crippen LogP contribution >= 0.6 is 0 Å². The van der Waals surface area contributed by atoms with Crippen molar-refractivity contribution in [1.29, 1.82) is 0 Å². The van der Waals surface area contributed by atoms with Crippen LogP contribution in [0.1, 0.15) is 18.4 Å². The van der Waals surface area contributed by atoms with Crippen LogP contribution in [0.4, 0.5) is 13.2 Å². The van der Waals surface area contributed by atoms with Gasteiger partial charge in [0.15, 0.2) is 0 Å². The van der Waals surface area contributed by atoms with Gasteiger partial charge in [-0.2, -0.15) is 17.5 Å². The largest absolute Gasteiger partial charge is 0.416 e. The van der Waals surface area contributed by atoms with Crippen molar-refractivity contribution in [2.75, 3.05) is 13.1 Å². The molecule has 1 saturated heterocycles. The van der Waals surface area contributed by atoms with E-state index in [4.69, 9.17) is 5.73 Å². The molecule has 0 bridgehead atoms. The molecule has 0 unspecified atom stereocenters. The summed E-state index contributed by atoms with van der Waals surface area (Å²) in [4.78, 5) is -0.328. The minimum absolute atomic E-state index is 0.112. The molecular formula is C14H17F3N2O2S. The van der Waals surface area contributed by atoms with Crippen LogP contribution in [-0.2, 0) is 16.2 Å². The molecule has 8 heteroatoms. The van der Waals surface area contributed by atoms with Crippen molar-refractivity contribution >= 4 is 10.0 Å². The van der Waals surface area contributed by atoms with Crippen molar-refractivity contribution in [3.63, 3.8) is 0 Å². The molecule has 1 saturated carbocycles. The number of hydrogen-bond acceptors (Lipinski definition) is 3. The van der Waals surface area contributed by atoms with E-state index in [-0.39, 0.29) is 23.4 Å². The first-order chi connectivity index (χ1) is 10.2. The Kier molecular flexibility index (Phi) is 3.73. The number of nitrogens with zero attached hydrogens (tertiary/aromatic N) is 1. The fraction of sp³-hybridized carbons (Fsp3) is 0.571. The maximum Gasteiger partial charge on any atom is 0.416 e. The van der Waals surface area contributed by atoms with Gasteiger partial charge in [-0.1, -0.05) is 6.07 Å². The van der Waals surface area contributed by atoms with E-state index in [1.54, 1.807) is 0 Å². The van der Waals surface area contributed by atoms with Crippen LogP contribution in [0.25, 0.3) is 0 Å². The van der Waals surface area contributed by atoms with E-state index in [0.29, 0.717) is 18.5 Å². The number of nitrogens with two attached hydrogens (primary N) is 1. The van der Waals surface area contributed by atoms with E-state index in [1.807, 2.05) is 0 Å². The second-order valence-corrected chi connectivity index (χ2v) is 7.95. The number of halogens is 3. The van der Waals surface area contributed by atoms with Gasteiger partial charge >= 0.3 is 6.18 Å². The molecule has 0 radical (unpaired) electrons. The highest BCUT2D eigenvalue weighted by molar-refractivity contribution is 7.89. The van der Waals surface area contributed by atoms with Crippen molar-refractivity contribution < 1.29 is 21.6 Å². The fourth-order valence-electron chi connectivity index (χ4n) is 3.02. The highest BCUT2D eigenvalue weighted by Gasteiger charge is 2.44. The third-order valence-electron chi connectivity index (χ3n) is 4.41. The Labute approximate surface area is 127 Å². The second kappa shape index (κ2) is 5.21. The van der Waals surface area contributed by atoms with Crippen molar-refractivity contribution in [2.45, 2.75) is 30.0 Å². The molecular weight excluding hydrogens is 317 g/mol. The van der Waals surface area contributed by atoms with Crippen LogP contribution in [0.15, 0.2) is 29.2 Å². The summed E-state index contributed by atoms with van der Waals surface area (Å²) in [5, 5.41) is 0. The predicted molar refractivity (Wildman–Crippen MR) is 74.4 cm³/mol. The lowest BCUT2D eigenvalue weighted by atomic mass is 9.99. The summed E-state index contributed by atoms with van der Waals surface area (Å²) in [6.45, 7) is 0.462. The average Bonchev–Trinajstić information content (AvgIpc) is 3.20. The third kappa shape index (κ3) is 2.87. The monoisotopic (exact) mass is 334 g/mol. The van der Waals surface area contributed by atoms with Gasteiger partial charge < -0.3 is 5.73 Å². The molecule has 3 rings (SSSR count). The lowest BCUT2D eigenvalue weighted by molar-refractivity contribution is -0.137. The van der Waals surface area contributed by atoms with Gasteiger partial charge in [-0.05, 0) is 42.9 Å². The van der Waals surface area contributed by atoms with Gasteiger partial charge in [0.2, 0.25) is 10.0 Å². The quantitative estimate of drug-likeness (QED) is 0.920. The van der Waals surface area contributed by atoms with Gasteiger partial charge in [0.1, 0.15) is 0 Å². The summed E-state index contributed by atoms with van der Waals surface area (Å²) in [7, 11) is -3.94. The zero-order chi connectivity index (χ0) is 16.1. The Morgan fingerprint density at radius 1 is 1.18 bits per heavy atom. The molecule has 1 aromatic rings. The van der Waals surface area contributed by atoms with Gasteiger partial charge in [0.25, 0.3) is 0 Å². The van der Waals surface area contributed by atoms with Crippen molar-refractivity contribution in [3.05, 3.63) is 29.8 Å². The minimum atomic E-state index is -4.57. The standard InChI is InChI=1S/C14H17F3N2O2S/c15-14(16,17)10-2-1-3-11(6-10)22(20,21)19-7-12(9-4-5-9)13(18)8-19/h1-3,6,9,12-13H,4-5,7-8,18H2/t12-,13+/m1/s1. The average molecular weight is 334 g/mol. The zero-order valence-corrected chi connectivity index (χ0v) is 12.6. The SMILES string of the molecule is N[C@H]1CN(S(=O)(=O)c2cccc(C(F)(F)F)c2)C[C@@H]1C1CC1. The van der Waals surface area contributed by atoms with Crippen LogP contribution in [0.5, 0.6) is 0 Å². The van der Waals surface area contributed by atoms with Crippen LogP contribution < -0.4 is 5.73 Å². The Morgan fingerprint density at radius 3 is 2.45 bits per heavy atom. The molecule has 1 aliphatic heterocycles. The van der Waals surface area contributed by atoms with Crippen LogP contribution in [-0.4, -0.2) is 31.9 Å². The van der Waals surface area contributed by atoms with E-state index >= 15 is 0 Å². The van der Waals surface area contributed by atoms with E-state index in [0.717, 1.165) is 25.0 Å². The second-order valence-electron chi connectivity index (χ2n) is 6.01. The maximum atomic E-state index is 12.7. The molecule has 2 aliphatic rings. The van der Waals surface area contributed by atoms with Crippen molar-refractivity contribution in [2.24, 2.45) is 17.6 Å². The molecule has 0 spiro atoms. The molecule has 1 aromatic carbocycles. The highest BCUT2D eigenvalue weighted by atomic mass is 32.2. The topological polar surface area (TPSA) is 63.4 Å². The van der Waals surface area contributed by atoms with Crippen molar-refractivity contribution in [1.82, 2.24) is 4.31 Å². The number of sulfonamides is 1. The molecule has 0 amide bonds. The van der Waals surface area contributed by atoms with Gasteiger partial charge in [-0.3, -0.25) is 0 Å². The van der Waals surface area contributed by atoms with Crippen molar-refractivity contribution in [3.8, 4) is 0 Å². The number of rotatable bonds is 3. The summed E-state index contributed by atoms with van der Waals surface area (Å²) >= 11 is 0. The molecule has 122 valence electrons. The first kappa shape index (κ1) is 15.8. The number of hydrogen-bond donors (Lipinski definition) is 1. The number of alkyl halides is 3. The molecule has 1 heterocycles. The Bertz CT molecular complexity index is 671. The summed E-state index contributed by atoms with van der Waals surface area (Å²) in [6.07, 6.45) is -2.46. The maximum absolute atomic E-state index is 12.7. The lowest BCUT2D eigenvalue weighted by Crippen LogP contribution is -2.32.